The Kier molecular flexibility index (Phi) is 3.71. The minimum Gasteiger partial charge on any atom is -0.274 e. The van der Waals surface area contributed by atoms with E-state index in [1.807, 2.05) is 12.1 Å². The first-order valence-electron chi connectivity index (χ1n) is 6.66. The van der Waals surface area contributed by atoms with Crippen LogP contribution < -0.4 is 4.90 Å². The van der Waals surface area contributed by atoms with Crippen LogP contribution in [0.5, 0.6) is 0 Å². The molecule has 5 heteroatoms. The third-order valence-corrected chi connectivity index (χ3v) is 3.86. The first-order chi connectivity index (χ1) is 10.1. The van der Waals surface area contributed by atoms with E-state index in [0.717, 1.165) is 5.56 Å². The minimum absolute atomic E-state index is 0.0830. The predicted octanol–water partition coefficient (Wildman–Crippen LogP) is 3.17. The van der Waals surface area contributed by atoms with Crippen LogP contribution in [-0.2, 0) is 9.59 Å². The van der Waals surface area contributed by atoms with Gasteiger partial charge in [-0.1, -0.05) is 23.7 Å². The number of anilines is 1. The summed E-state index contributed by atoms with van der Waals surface area (Å²) in [5, 5.41) is 0.644. The summed E-state index contributed by atoms with van der Waals surface area (Å²) in [7, 11) is 0. The molecule has 4 nitrogen and oxygen atoms in total. The molecule has 3 rings (SSSR count). The van der Waals surface area contributed by atoms with Gasteiger partial charge in [0.15, 0.2) is 0 Å². The number of carbonyl (C=O) groups excluding carboxylic acids is 2. The summed E-state index contributed by atoms with van der Waals surface area (Å²) in [6.07, 6.45) is 3.77. The van der Waals surface area contributed by atoms with Crippen molar-refractivity contribution >= 4 is 29.1 Å². The number of hydrogen-bond acceptors (Lipinski definition) is 3. The molecule has 0 saturated carbocycles. The fraction of sp³-hybridized carbons (Fsp3) is 0.188. The number of carbonyl (C=O) groups is 2. The summed E-state index contributed by atoms with van der Waals surface area (Å²) in [4.78, 5) is 29.8. The van der Waals surface area contributed by atoms with Gasteiger partial charge in [-0.3, -0.25) is 19.5 Å². The van der Waals surface area contributed by atoms with Crippen molar-refractivity contribution in [2.24, 2.45) is 0 Å². The first kappa shape index (κ1) is 13.8. The highest BCUT2D eigenvalue weighted by Gasteiger charge is 2.34. The average molecular weight is 301 g/mol. The Morgan fingerprint density at radius 2 is 1.52 bits per heavy atom. The Balaban J connectivity index is 1.83. The number of piperidine rings is 1. The molecule has 1 aliphatic rings. The van der Waals surface area contributed by atoms with Gasteiger partial charge in [0.25, 0.3) is 0 Å². The lowest BCUT2D eigenvalue weighted by Gasteiger charge is -2.30. The molecule has 0 bridgehead atoms. The van der Waals surface area contributed by atoms with Crippen molar-refractivity contribution in [3.63, 3.8) is 0 Å². The largest absolute Gasteiger partial charge is 0.274 e. The van der Waals surface area contributed by atoms with Gasteiger partial charge in [0, 0.05) is 36.2 Å². The number of imide groups is 1. The van der Waals surface area contributed by atoms with E-state index in [4.69, 9.17) is 11.6 Å². The quantitative estimate of drug-likeness (QED) is 0.800. The number of pyridine rings is 1. The van der Waals surface area contributed by atoms with Gasteiger partial charge in [-0.2, -0.15) is 0 Å². The molecule has 0 spiro atoms. The highest BCUT2D eigenvalue weighted by molar-refractivity contribution is 6.30. The van der Waals surface area contributed by atoms with E-state index in [9.17, 15) is 9.59 Å². The number of hydrogen-bond donors (Lipinski definition) is 0. The maximum absolute atomic E-state index is 12.3. The zero-order valence-corrected chi connectivity index (χ0v) is 12.0. The fourth-order valence-electron chi connectivity index (χ4n) is 2.57. The molecule has 2 amide bonds. The molecular formula is C16H13ClN2O2. The van der Waals surface area contributed by atoms with Crippen molar-refractivity contribution < 1.29 is 9.59 Å². The summed E-state index contributed by atoms with van der Waals surface area (Å²) in [6, 6.07) is 10.6. The van der Waals surface area contributed by atoms with Crippen LogP contribution in [0.25, 0.3) is 0 Å². The summed E-state index contributed by atoms with van der Waals surface area (Å²) < 4.78 is 0. The van der Waals surface area contributed by atoms with Gasteiger partial charge in [0.2, 0.25) is 11.8 Å². The lowest BCUT2D eigenvalue weighted by molar-refractivity contribution is -0.129. The van der Waals surface area contributed by atoms with Crippen LogP contribution >= 0.6 is 11.6 Å². The maximum atomic E-state index is 12.3. The van der Waals surface area contributed by atoms with Crippen LogP contribution in [-0.4, -0.2) is 16.8 Å². The predicted molar refractivity (Wildman–Crippen MR) is 80.2 cm³/mol. The van der Waals surface area contributed by atoms with Gasteiger partial charge in [0.05, 0.1) is 5.69 Å². The van der Waals surface area contributed by atoms with E-state index in [-0.39, 0.29) is 17.7 Å². The Bertz CT molecular complexity index is 652. The molecule has 106 valence electrons. The van der Waals surface area contributed by atoms with Crippen LogP contribution in [0.15, 0.2) is 48.8 Å². The van der Waals surface area contributed by atoms with Crippen molar-refractivity contribution in [1.82, 2.24) is 4.98 Å². The monoisotopic (exact) mass is 300 g/mol. The molecule has 1 fully saturated rings. The molecule has 1 saturated heterocycles. The molecule has 0 N–H and O–H groups in total. The number of amides is 2. The number of aromatic nitrogens is 1. The van der Waals surface area contributed by atoms with Crippen molar-refractivity contribution in [1.29, 1.82) is 0 Å². The molecular weight excluding hydrogens is 288 g/mol. The lowest BCUT2D eigenvalue weighted by Crippen LogP contribution is -2.42. The molecule has 0 unspecified atom stereocenters. The Morgan fingerprint density at radius 3 is 2.10 bits per heavy atom. The van der Waals surface area contributed by atoms with Gasteiger partial charge < -0.3 is 0 Å². The number of benzene rings is 1. The minimum atomic E-state index is -0.183. The van der Waals surface area contributed by atoms with E-state index in [1.165, 1.54) is 4.90 Å². The second-order valence-corrected chi connectivity index (χ2v) is 5.42. The molecule has 2 heterocycles. The van der Waals surface area contributed by atoms with Crippen molar-refractivity contribution in [3.05, 3.63) is 59.4 Å². The topological polar surface area (TPSA) is 50.3 Å². The van der Waals surface area contributed by atoms with E-state index < -0.39 is 0 Å². The SMILES string of the molecule is O=C1CC(c2ccc(Cl)cc2)CC(=O)N1c1ccncc1. The number of rotatable bonds is 2. The molecule has 21 heavy (non-hydrogen) atoms. The van der Waals surface area contributed by atoms with Gasteiger partial charge in [0.1, 0.15) is 0 Å². The summed E-state index contributed by atoms with van der Waals surface area (Å²) >= 11 is 5.86. The summed E-state index contributed by atoms with van der Waals surface area (Å²) in [5.74, 6) is -0.449. The number of nitrogens with zero attached hydrogens (tertiary/aromatic N) is 2. The highest BCUT2D eigenvalue weighted by Crippen LogP contribution is 2.32. The first-order valence-corrected chi connectivity index (χ1v) is 7.04. The van der Waals surface area contributed by atoms with Crippen molar-refractivity contribution in [2.75, 3.05) is 4.90 Å². The molecule has 0 atom stereocenters. The molecule has 1 aromatic heterocycles. The van der Waals surface area contributed by atoms with E-state index in [1.54, 1.807) is 36.7 Å². The van der Waals surface area contributed by atoms with E-state index in [2.05, 4.69) is 4.98 Å². The zero-order valence-electron chi connectivity index (χ0n) is 11.2. The zero-order chi connectivity index (χ0) is 14.8. The molecule has 0 aliphatic carbocycles. The molecule has 1 aliphatic heterocycles. The third kappa shape index (κ3) is 2.81. The van der Waals surface area contributed by atoms with Crippen LogP contribution in [0.3, 0.4) is 0 Å². The average Bonchev–Trinajstić information content (AvgIpc) is 2.48. The smallest absolute Gasteiger partial charge is 0.234 e. The van der Waals surface area contributed by atoms with Crippen LogP contribution in [0.4, 0.5) is 5.69 Å². The van der Waals surface area contributed by atoms with Crippen molar-refractivity contribution in [3.8, 4) is 0 Å². The van der Waals surface area contributed by atoms with E-state index in [0.29, 0.717) is 23.6 Å². The molecule has 0 radical (unpaired) electrons. The summed E-state index contributed by atoms with van der Waals surface area (Å²) in [6.45, 7) is 0. The van der Waals surface area contributed by atoms with Crippen LogP contribution in [0.2, 0.25) is 5.02 Å². The fourth-order valence-corrected chi connectivity index (χ4v) is 2.69. The maximum Gasteiger partial charge on any atom is 0.234 e. The van der Waals surface area contributed by atoms with Crippen molar-refractivity contribution in [2.45, 2.75) is 18.8 Å². The number of halogens is 1. The highest BCUT2D eigenvalue weighted by atomic mass is 35.5. The lowest BCUT2D eigenvalue weighted by atomic mass is 9.88. The molecule has 2 aromatic rings. The van der Waals surface area contributed by atoms with Gasteiger partial charge in [-0.15, -0.1) is 0 Å². The van der Waals surface area contributed by atoms with Gasteiger partial charge in [-0.25, -0.2) is 0 Å². The standard InChI is InChI=1S/C16H13ClN2O2/c17-13-3-1-11(2-4-13)12-9-15(20)19(16(21)10-12)14-5-7-18-8-6-14/h1-8,12H,9-10H2. The Labute approximate surface area is 127 Å². The molecule has 1 aromatic carbocycles. The van der Waals surface area contributed by atoms with Crippen LogP contribution in [0, 0.1) is 0 Å². The second kappa shape index (κ2) is 5.66. The van der Waals surface area contributed by atoms with Gasteiger partial charge in [-0.05, 0) is 29.8 Å². The third-order valence-electron chi connectivity index (χ3n) is 3.60. The van der Waals surface area contributed by atoms with Crippen LogP contribution in [0.1, 0.15) is 24.3 Å². The van der Waals surface area contributed by atoms with Gasteiger partial charge >= 0.3 is 0 Å². The summed E-state index contributed by atoms with van der Waals surface area (Å²) in [5.41, 5.74) is 1.55. The second-order valence-electron chi connectivity index (χ2n) is 4.99. The normalized spacial score (nSPS) is 16.3. The Morgan fingerprint density at radius 1 is 0.952 bits per heavy atom. The van der Waals surface area contributed by atoms with E-state index >= 15 is 0 Å². The Hall–Kier alpha value is -2.20.